The first-order chi connectivity index (χ1) is 5.67. The van der Waals surface area contributed by atoms with Crippen LogP contribution in [0.3, 0.4) is 0 Å². The van der Waals surface area contributed by atoms with Crippen molar-refractivity contribution in [1.29, 1.82) is 0 Å². The molecule has 68 valence electrons. The van der Waals surface area contributed by atoms with Gasteiger partial charge < -0.3 is 4.74 Å². The predicted molar refractivity (Wildman–Crippen MR) is 43.6 cm³/mol. The Morgan fingerprint density at radius 3 is 2.33 bits per heavy atom. The second-order valence-electron chi connectivity index (χ2n) is 3.25. The number of hydrogen-bond acceptors (Lipinski definition) is 3. The van der Waals surface area contributed by atoms with Gasteiger partial charge in [0.25, 0.3) is 0 Å². The fraction of sp³-hybridized carbons (Fsp3) is 0.778. The van der Waals surface area contributed by atoms with Crippen LogP contribution < -0.4 is 0 Å². The van der Waals surface area contributed by atoms with E-state index in [1.807, 2.05) is 6.92 Å². The molecule has 3 nitrogen and oxygen atoms in total. The Bertz CT molecular complexity index is 204. The molecule has 0 N–H and O–H groups in total. The number of methoxy groups -OCH3 is 1. The zero-order valence-corrected chi connectivity index (χ0v) is 7.55. The van der Waals surface area contributed by atoms with Crippen LogP contribution in [-0.2, 0) is 14.3 Å². The highest BCUT2D eigenvalue weighted by Crippen LogP contribution is 2.48. The summed E-state index contributed by atoms with van der Waals surface area (Å²) in [4.78, 5) is 22.6. The summed E-state index contributed by atoms with van der Waals surface area (Å²) in [5, 5.41) is 0. The fourth-order valence-electron chi connectivity index (χ4n) is 1.38. The minimum absolute atomic E-state index is 0.0526. The molecule has 0 saturated heterocycles. The summed E-state index contributed by atoms with van der Waals surface area (Å²) in [7, 11) is 1.33. The van der Waals surface area contributed by atoms with Crippen molar-refractivity contribution < 1.29 is 14.3 Å². The van der Waals surface area contributed by atoms with E-state index in [1.54, 1.807) is 0 Å². The van der Waals surface area contributed by atoms with Crippen LogP contribution in [0.2, 0.25) is 0 Å². The van der Waals surface area contributed by atoms with Gasteiger partial charge in [-0.15, -0.1) is 0 Å². The zero-order valence-electron chi connectivity index (χ0n) is 7.55. The van der Waals surface area contributed by atoms with E-state index < -0.39 is 5.41 Å². The molecule has 0 atom stereocenters. The molecular formula is C9H14O3. The number of Topliss-reactive ketones (excluding diaryl/α,β-unsaturated/α-hetero) is 1. The van der Waals surface area contributed by atoms with Crippen molar-refractivity contribution in [3.05, 3.63) is 0 Å². The van der Waals surface area contributed by atoms with Crippen molar-refractivity contribution >= 4 is 11.8 Å². The quantitative estimate of drug-likeness (QED) is 0.472. The van der Waals surface area contributed by atoms with E-state index in [2.05, 4.69) is 4.74 Å². The highest BCUT2D eigenvalue weighted by molar-refractivity contribution is 6.06. The van der Waals surface area contributed by atoms with Crippen molar-refractivity contribution in [3.63, 3.8) is 0 Å². The molecule has 1 saturated carbocycles. The van der Waals surface area contributed by atoms with Gasteiger partial charge in [-0.25, -0.2) is 0 Å². The number of ether oxygens (including phenoxy) is 1. The van der Waals surface area contributed by atoms with Crippen molar-refractivity contribution in [2.45, 2.75) is 32.6 Å². The Kier molecular flexibility index (Phi) is 2.50. The van der Waals surface area contributed by atoms with Crippen LogP contribution in [0.15, 0.2) is 0 Å². The molecule has 1 fully saturated rings. The summed E-state index contributed by atoms with van der Waals surface area (Å²) in [5.41, 5.74) is -0.731. The van der Waals surface area contributed by atoms with E-state index in [0.717, 1.165) is 6.42 Å². The van der Waals surface area contributed by atoms with Crippen LogP contribution in [0.5, 0.6) is 0 Å². The summed E-state index contributed by atoms with van der Waals surface area (Å²) >= 11 is 0. The number of hydrogen-bond donors (Lipinski definition) is 0. The van der Waals surface area contributed by atoms with Gasteiger partial charge in [0.2, 0.25) is 0 Å². The van der Waals surface area contributed by atoms with Gasteiger partial charge >= 0.3 is 5.97 Å². The lowest BCUT2D eigenvalue weighted by molar-refractivity contribution is -0.151. The zero-order chi connectivity index (χ0) is 9.19. The average molecular weight is 170 g/mol. The Morgan fingerprint density at radius 1 is 1.42 bits per heavy atom. The summed E-state index contributed by atoms with van der Waals surface area (Å²) in [6, 6.07) is 0. The van der Waals surface area contributed by atoms with Gasteiger partial charge in [-0.2, -0.15) is 0 Å². The Labute approximate surface area is 72.1 Å². The number of rotatable bonds is 4. The minimum Gasteiger partial charge on any atom is -0.468 e. The molecule has 0 aromatic heterocycles. The van der Waals surface area contributed by atoms with Gasteiger partial charge in [0, 0.05) is 6.42 Å². The summed E-state index contributed by atoms with van der Waals surface area (Å²) < 4.78 is 4.59. The molecule has 0 radical (unpaired) electrons. The van der Waals surface area contributed by atoms with Gasteiger partial charge in [0.1, 0.15) is 11.2 Å². The smallest absolute Gasteiger partial charge is 0.319 e. The lowest BCUT2D eigenvalue weighted by atomic mass is 9.98. The minimum atomic E-state index is -0.731. The number of carbonyl (C=O) groups excluding carboxylic acids is 2. The second-order valence-corrected chi connectivity index (χ2v) is 3.25. The van der Waals surface area contributed by atoms with Crippen molar-refractivity contribution in [1.82, 2.24) is 0 Å². The molecule has 1 aliphatic carbocycles. The lowest BCUT2D eigenvalue weighted by Gasteiger charge is -2.09. The third-order valence-corrected chi connectivity index (χ3v) is 2.34. The van der Waals surface area contributed by atoms with Crippen LogP contribution in [-0.4, -0.2) is 18.9 Å². The molecule has 0 unspecified atom stereocenters. The maximum atomic E-state index is 11.4. The molecule has 0 heterocycles. The lowest BCUT2D eigenvalue weighted by Crippen LogP contribution is -2.26. The molecule has 0 amide bonds. The van der Waals surface area contributed by atoms with E-state index in [0.29, 0.717) is 19.3 Å². The van der Waals surface area contributed by atoms with Gasteiger partial charge in [-0.05, 0) is 19.3 Å². The molecule has 1 aliphatic rings. The fourth-order valence-corrected chi connectivity index (χ4v) is 1.38. The van der Waals surface area contributed by atoms with Gasteiger partial charge in [0.15, 0.2) is 0 Å². The summed E-state index contributed by atoms with van der Waals surface area (Å²) in [6.45, 7) is 1.94. The van der Waals surface area contributed by atoms with Crippen LogP contribution in [0.25, 0.3) is 0 Å². The van der Waals surface area contributed by atoms with Crippen molar-refractivity contribution in [2.75, 3.05) is 7.11 Å². The number of carbonyl (C=O) groups is 2. The Balaban J connectivity index is 2.60. The van der Waals surface area contributed by atoms with Gasteiger partial charge in [-0.1, -0.05) is 6.92 Å². The first-order valence-electron chi connectivity index (χ1n) is 4.29. The van der Waals surface area contributed by atoms with Gasteiger partial charge in [0.05, 0.1) is 7.11 Å². The van der Waals surface area contributed by atoms with Crippen LogP contribution >= 0.6 is 0 Å². The molecule has 12 heavy (non-hydrogen) atoms. The second kappa shape index (κ2) is 3.25. The SMILES string of the molecule is CCCC(=O)C1(C(=O)OC)CC1. The first-order valence-corrected chi connectivity index (χ1v) is 4.29. The Hall–Kier alpha value is -0.860. The molecule has 0 spiro atoms. The van der Waals surface area contributed by atoms with E-state index in [4.69, 9.17) is 0 Å². The third-order valence-electron chi connectivity index (χ3n) is 2.34. The molecule has 3 heteroatoms. The average Bonchev–Trinajstić information content (AvgIpc) is 2.84. The van der Waals surface area contributed by atoms with Crippen LogP contribution in [0.1, 0.15) is 32.6 Å². The summed E-state index contributed by atoms with van der Waals surface area (Å²) in [6.07, 6.45) is 2.66. The highest BCUT2D eigenvalue weighted by Gasteiger charge is 2.56. The molecule has 0 bridgehead atoms. The van der Waals surface area contributed by atoms with Crippen LogP contribution in [0.4, 0.5) is 0 Å². The third kappa shape index (κ3) is 1.36. The van der Waals surface area contributed by atoms with E-state index >= 15 is 0 Å². The molecular weight excluding hydrogens is 156 g/mol. The van der Waals surface area contributed by atoms with E-state index in [-0.39, 0.29) is 11.8 Å². The standard InChI is InChI=1S/C9H14O3/c1-3-4-7(10)9(5-6-9)8(11)12-2/h3-6H2,1-2H3. The maximum Gasteiger partial charge on any atom is 0.319 e. The van der Waals surface area contributed by atoms with Crippen molar-refractivity contribution in [2.24, 2.45) is 5.41 Å². The highest BCUT2D eigenvalue weighted by atomic mass is 16.5. The molecule has 0 aromatic rings. The predicted octanol–water partition coefficient (Wildman–Crippen LogP) is 1.31. The number of ketones is 1. The first kappa shape index (κ1) is 9.23. The Morgan fingerprint density at radius 2 is 2.00 bits per heavy atom. The largest absolute Gasteiger partial charge is 0.468 e. The van der Waals surface area contributed by atoms with Crippen LogP contribution in [0, 0.1) is 5.41 Å². The van der Waals surface area contributed by atoms with E-state index in [9.17, 15) is 9.59 Å². The normalized spacial score (nSPS) is 18.5. The molecule has 0 aliphatic heterocycles. The summed E-state index contributed by atoms with van der Waals surface area (Å²) in [5.74, 6) is -0.294. The molecule has 1 rings (SSSR count). The number of esters is 1. The van der Waals surface area contributed by atoms with Crippen molar-refractivity contribution in [3.8, 4) is 0 Å². The topological polar surface area (TPSA) is 43.4 Å². The molecule has 0 aromatic carbocycles. The van der Waals surface area contributed by atoms with Gasteiger partial charge in [-0.3, -0.25) is 9.59 Å². The maximum absolute atomic E-state index is 11.4. The monoisotopic (exact) mass is 170 g/mol. The van der Waals surface area contributed by atoms with E-state index in [1.165, 1.54) is 7.11 Å².